The minimum atomic E-state index is -4.56. The third-order valence-electron chi connectivity index (χ3n) is 8.94. The standard InChI is InChI=1S/C30H34F3N5O2/c1-28(2)11-20(12-28)34-15-18-8-23-24(25(9-18)30(31,32)33)16-38(26(23)39)21-7-5-6-19(10-21)29(13-22(14-29)40-4)27-36-35-17-37(27)3/h5-10,17,20,22,34H,11-16H2,1-4H3. The second kappa shape index (κ2) is 9.41. The van der Waals surface area contributed by atoms with Gasteiger partial charge in [0, 0.05) is 38.0 Å². The van der Waals surface area contributed by atoms with Crippen LogP contribution in [-0.2, 0) is 36.5 Å². The van der Waals surface area contributed by atoms with E-state index >= 15 is 0 Å². The Morgan fingerprint density at radius 1 is 1.12 bits per heavy atom. The van der Waals surface area contributed by atoms with Gasteiger partial charge in [0.15, 0.2) is 0 Å². The van der Waals surface area contributed by atoms with Crippen LogP contribution in [0.4, 0.5) is 18.9 Å². The topological polar surface area (TPSA) is 72.3 Å². The van der Waals surface area contributed by atoms with Gasteiger partial charge in [-0.15, -0.1) is 10.2 Å². The number of carbonyl (C=O) groups is 1. The summed E-state index contributed by atoms with van der Waals surface area (Å²) in [6.07, 6.45) is 0.500. The number of alkyl halides is 3. The minimum Gasteiger partial charge on any atom is -0.381 e. The number of methoxy groups -OCH3 is 1. The summed E-state index contributed by atoms with van der Waals surface area (Å²) in [5.74, 6) is 0.376. The van der Waals surface area contributed by atoms with Gasteiger partial charge in [-0.05, 0) is 72.1 Å². The Kier molecular flexibility index (Phi) is 6.34. The summed E-state index contributed by atoms with van der Waals surface area (Å²) in [5, 5.41) is 11.8. The van der Waals surface area contributed by atoms with Gasteiger partial charge in [-0.1, -0.05) is 26.0 Å². The molecule has 2 fully saturated rings. The van der Waals surface area contributed by atoms with Gasteiger partial charge >= 0.3 is 6.18 Å². The number of rotatable bonds is 7. The molecular formula is C30H34F3N5O2. The molecule has 10 heteroatoms. The van der Waals surface area contributed by atoms with Gasteiger partial charge in [-0.25, -0.2) is 0 Å². The van der Waals surface area contributed by atoms with Crippen molar-refractivity contribution in [3.8, 4) is 0 Å². The van der Waals surface area contributed by atoms with Crippen LogP contribution in [0.25, 0.3) is 0 Å². The molecule has 0 bridgehead atoms. The number of nitrogens with one attached hydrogen (secondary N) is 1. The molecule has 3 aliphatic rings. The maximum Gasteiger partial charge on any atom is 0.416 e. The maximum atomic E-state index is 14.2. The molecule has 0 saturated heterocycles. The lowest BCUT2D eigenvalue weighted by atomic mass is 9.62. The predicted molar refractivity (Wildman–Crippen MR) is 144 cm³/mol. The fraction of sp³-hybridized carbons (Fsp3) is 0.500. The average Bonchev–Trinajstić information content (AvgIpc) is 3.43. The van der Waals surface area contributed by atoms with E-state index in [1.807, 2.05) is 29.8 Å². The highest BCUT2D eigenvalue weighted by Crippen LogP contribution is 2.50. The first kappa shape index (κ1) is 27.0. The van der Waals surface area contributed by atoms with E-state index in [1.165, 1.54) is 11.0 Å². The van der Waals surface area contributed by atoms with Crippen LogP contribution in [0.2, 0.25) is 0 Å². The van der Waals surface area contributed by atoms with Gasteiger partial charge in [0.25, 0.3) is 5.91 Å². The van der Waals surface area contributed by atoms with Crippen LogP contribution in [-0.4, -0.2) is 39.9 Å². The van der Waals surface area contributed by atoms with Crippen LogP contribution in [0.15, 0.2) is 42.7 Å². The van der Waals surface area contributed by atoms with Gasteiger partial charge in [0.05, 0.1) is 23.6 Å². The van der Waals surface area contributed by atoms with Crippen LogP contribution < -0.4 is 10.2 Å². The molecule has 3 aromatic rings. The van der Waals surface area contributed by atoms with Crippen LogP contribution >= 0.6 is 0 Å². The van der Waals surface area contributed by atoms with E-state index in [0.29, 0.717) is 30.6 Å². The number of anilines is 1. The van der Waals surface area contributed by atoms with Crippen molar-refractivity contribution < 1.29 is 22.7 Å². The van der Waals surface area contributed by atoms with Crippen LogP contribution in [0.5, 0.6) is 0 Å². The lowest BCUT2D eigenvalue weighted by Crippen LogP contribution is -2.48. The van der Waals surface area contributed by atoms with E-state index in [2.05, 4.69) is 29.4 Å². The normalized spacial score (nSPS) is 24.1. The predicted octanol–water partition coefficient (Wildman–Crippen LogP) is 5.37. The lowest BCUT2D eigenvalue weighted by Gasteiger charge is -2.46. The van der Waals surface area contributed by atoms with E-state index in [9.17, 15) is 18.0 Å². The molecule has 2 aliphatic carbocycles. The summed E-state index contributed by atoms with van der Waals surface area (Å²) in [7, 11) is 3.56. The first-order valence-corrected chi connectivity index (χ1v) is 13.7. The Labute approximate surface area is 231 Å². The zero-order valence-electron chi connectivity index (χ0n) is 23.2. The molecule has 6 rings (SSSR count). The van der Waals surface area contributed by atoms with Crippen molar-refractivity contribution in [3.05, 3.63) is 76.4 Å². The molecule has 2 saturated carbocycles. The highest BCUT2D eigenvalue weighted by Gasteiger charge is 2.50. The van der Waals surface area contributed by atoms with Crippen molar-refractivity contribution in [3.63, 3.8) is 0 Å². The molecule has 1 aromatic heterocycles. The number of aromatic nitrogens is 3. The third-order valence-corrected chi connectivity index (χ3v) is 8.94. The fourth-order valence-electron chi connectivity index (χ4n) is 6.83. The second-order valence-electron chi connectivity index (χ2n) is 12.4. The highest BCUT2D eigenvalue weighted by atomic mass is 19.4. The summed E-state index contributed by atoms with van der Waals surface area (Å²) >= 11 is 0. The van der Waals surface area contributed by atoms with E-state index in [0.717, 1.165) is 24.2 Å². The Morgan fingerprint density at radius 2 is 1.88 bits per heavy atom. The summed E-state index contributed by atoms with van der Waals surface area (Å²) in [6.45, 7) is 4.52. The van der Waals surface area contributed by atoms with Gasteiger partial charge < -0.3 is 19.5 Å². The average molecular weight is 554 g/mol. The van der Waals surface area contributed by atoms with Crippen molar-refractivity contribution in [2.75, 3.05) is 12.0 Å². The number of hydrogen-bond acceptors (Lipinski definition) is 5. The molecule has 40 heavy (non-hydrogen) atoms. The van der Waals surface area contributed by atoms with Gasteiger partial charge in [0.1, 0.15) is 12.2 Å². The molecular weight excluding hydrogens is 519 g/mol. The monoisotopic (exact) mass is 553 g/mol. The number of halogens is 3. The second-order valence-corrected chi connectivity index (χ2v) is 12.4. The molecule has 0 atom stereocenters. The smallest absolute Gasteiger partial charge is 0.381 e. The molecule has 1 N–H and O–H groups in total. The molecule has 0 radical (unpaired) electrons. The molecule has 7 nitrogen and oxygen atoms in total. The Hall–Kier alpha value is -3.24. The summed E-state index contributed by atoms with van der Waals surface area (Å²) in [6, 6.07) is 10.6. The minimum absolute atomic E-state index is 0.0301. The van der Waals surface area contributed by atoms with E-state index in [1.54, 1.807) is 25.6 Å². The number of nitrogens with zero attached hydrogens (tertiary/aromatic N) is 4. The van der Waals surface area contributed by atoms with Crippen molar-refractivity contribution in [1.82, 2.24) is 20.1 Å². The van der Waals surface area contributed by atoms with Crippen molar-refractivity contribution in [1.29, 1.82) is 0 Å². The van der Waals surface area contributed by atoms with Crippen LogP contribution in [0, 0.1) is 5.41 Å². The van der Waals surface area contributed by atoms with E-state index < -0.39 is 23.1 Å². The number of amides is 1. The van der Waals surface area contributed by atoms with Crippen LogP contribution in [0.3, 0.4) is 0 Å². The van der Waals surface area contributed by atoms with Gasteiger partial charge in [-0.3, -0.25) is 4.79 Å². The van der Waals surface area contributed by atoms with Gasteiger partial charge in [0.2, 0.25) is 0 Å². The van der Waals surface area contributed by atoms with Crippen LogP contribution in [0.1, 0.15) is 78.0 Å². The quantitative estimate of drug-likeness (QED) is 0.426. The van der Waals surface area contributed by atoms with E-state index in [4.69, 9.17) is 4.74 Å². The molecule has 212 valence electrons. The summed E-state index contributed by atoms with van der Waals surface area (Å²) < 4.78 is 50.1. The van der Waals surface area contributed by atoms with E-state index in [-0.39, 0.29) is 35.2 Å². The SMILES string of the molecule is COC1CC(c2cccc(N3Cc4c(cc(CNC5CC(C)(C)C5)cc4C(F)(F)F)C3=O)c2)(c2nncn2C)C1. The number of aryl methyl sites for hydroxylation is 1. The number of carbonyl (C=O) groups excluding carboxylic acids is 1. The number of hydrogen-bond donors (Lipinski definition) is 1. The Bertz CT molecular complexity index is 1450. The van der Waals surface area contributed by atoms with Crippen molar-refractivity contribution in [2.24, 2.45) is 12.5 Å². The number of benzene rings is 2. The largest absolute Gasteiger partial charge is 0.416 e. The first-order chi connectivity index (χ1) is 18.9. The molecule has 0 unspecified atom stereocenters. The van der Waals surface area contributed by atoms with Crippen molar-refractivity contribution in [2.45, 2.75) is 76.4 Å². The molecule has 2 aromatic carbocycles. The number of ether oxygens (including phenoxy) is 1. The summed E-state index contributed by atoms with van der Waals surface area (Å²) in [5.41, 5.74) is 1.19. The molecule has 0 spiro atoms. The number of fused-ring (bicyclic) bond motifs is 1. The molecule has 2 heterocycles. The highest BCUT2D eigenvalue weighted by molar-refractivity contribution is 6.10. The lowest BCUT2D eigenvalue weighted by molar-refractivity contribution is -0.138. The third kappa shape index (κ3) is 4.51. The Morgan fingerprint density at radius 3 is 2.50 bits per heavy atom. The molecule has 1 amide bonds. The first-order valence-electron chi connectivity index (χ1n) is 13.7. The zero-order valence-corrected chi connectivity index (χ0v) is 23.2. The summed E-state index contributed by atoms with van der Waals surface area (Å²) in [4.78, 5) is 15.1. The maximum absolute atomic E-state index is 14.2. The fourth-order valence-corrected chi connectivity index (χ4v) is 6.83. The van der Waals surface area contributed by atoms with Crippen molar-refractivity contribution >= 4 is 11.6 Å². The molecule has 1 aliphatic heterocycles. The Balaban J connectivity index is 1.31. The van der Waals surface area contributed by atoms with Gasteiger partial charge in [-0.2, -0.15) is 13.2 Å². The zero-order chi connectivity index (χ0) is 28.4.